The summed E-state index contributed by atoms with van der Waals surface area (Å²) in [5, 5.41) is 3.63. The van der Waals surface area contributed by atoms with E-state index >= 15 is 0 Å². The van der Waals surface area contributed by atoms with Gasteiger partial charge in [0.1, 0.15) is 0 Å². The summed E-state index contributed by atoms with van der Waals surface area (Å²) in [6.07, 6.45) is 5.60. The Morgan fingerprint density at radius 1 is 1.31 bits per heavy atom. The maximum absolute atomic E-state index is 3.63. The van der Waals surface area contributed by atoms with Crippen LogP contribution < -0.4 is 5.32 Å². The van der Waals surface area contributed by atoms with E-state index in [1.165, 1.54) is 63.4 Å². The SMILES string of the molecule is CCC1CCN(CCC2CSCCN2)CC1. The average Bonchev–Trinajstić information content (AvgIpc) is 2.38. The first-order valence-electron chi connectivity index (χ1n) is 6.92. The van der Waals surface area contributed by atoms with Crippen LogP contribution >= 0.6 is 11.8 Å². The fraction of sp³-hybridized carbons (Fsp3) is 1.00. The van der Waals surface area contributed by atoms with Crippen molar-refractivity contribution in [1.29, 1.82) is 0 Å². The Bertz CT molecular complexity index is 184. The van der Waals surface area contributed by atoms with Crippen LogP contribution in [0.1, 0.15) is 32.6 Å². The van der Waals surface area contributed by atoms with Gasteiger partial charge in [0.2, 0.25) is 0 Å². The largest absolute Gasteiger partial charge is 0.312 e. The monoisotopic (exact) mass is 242 g/mol. The predicted molar refractivity (Wildman–Crippen MR) is 73.2 cm³/mol. The number of thioether (sulfide) groups is 1. The lowest BCUT2D eigenvalue weighted by atomic mass is 9.94. The van der Waals surface area contributed by atoms with E-state index in [-0.39, 0.29) is 0 Å². The highest BCUT2D eigenvalue weighted by molar-refractivity contribution is 7.99. The summed E-state index contributed by atoms with van der Waals surface area (Å²) >= 11 is 2.11. The number of nitrogens with one attached hydrogen (secondary N) is 1. The van der Waals surface area contributed by atoms with Crippen molar-refractivity contribution in [3.63, 3.8) is 0 Å². The zero-order valence-corrected chi connectivity index (χ0v) is 11.4. The van der Waals surface area contributed by atoms with Crippen LogP contribution in [0.2, 0.25) is 0 Å². The molecule has 94 valence electrons. The van der Waals surface area contributed by atoms with E-state index in [0.29, 0.717) is 0 Å². The summed E-state index contributed by atoms with van der Waals surface area (Å²) in [5.41, 5.74) is 0. The normalized spacial score (nSPS) is 29.4. The molecule has 0 amide bonds. The van der Waals surface area contributed by atoms with Crippen LogP contribution in [0.5, 0.6) is 0 Å². The maximum Gasteiger partial charge on any atom is 0.0170 e. The number of hydrogen-bond donors (Lipinski definition) is 1. The van der Waals surface area contributed by atoms with Crippen molar-refractivity contribution in [2.45, 2.75) is 38.6 Å². The second kappa shape index (κ2) is 6.87. The summed E-state index contributed by atoms with van der Waals surface area (Å²) in [4.78, 5) is 2.67. The van der Waals surface area contributed by atoms with Gasteiger partial charge >= 0.3 is 0 Å². The predicted octanol–water partition coefficient (Wildman–Crippen LogP) is 2.20. The zero-order valence-electron chi connectivity index (χ0n) is 10.6. The number of nitrogens with zero attached hydrogens (tertiary/aromatic N) is 1. The van der Waals surface area contributed by atoms with Crippen LogP contribution in [0.4, 0.5) is 0 Å². The fourth-order valence-electron chi connectivity index (χ4n) is 2.76. The highest BCUT2D eigenvalue weighted by atomic mass is 32.2. The molecule has 2 nitrogen and oxygen atoms in total. The molecular formula is C13H26N2S. The molecule has 0 radical (unpaired) electrons. The van der Waals surface area contributed by atoms with Gasteiger partial charge in [0.15, 0.2) is 0 Å². The molecule has 2 rings (SSSR count). The van der Waals surface area contributed by atoms with Gasteiger partial charge in [-0.1, -0.05) is 13.3 Å². The van der Waals surface area contributed by atoms with E-state index in [2.05, 4.69) is 28.9 Å². The molecule has 2 heterocycles. The van der Waals surface area contributed by atoms with Gasteiger partial charge in [-0.25, -0.2) is 0 Å². The van der Waals surface area contributed by atoms with E-state index in [0.717, 1.165) is 12.0 Å². The molecule has 2 aliphatic rings. The van der Waals surface area contributed by atoms with Gasteiger partial charge in [-0.2, -0.15) is 11.8 Å². The average molecular weight is 242 g/mol. The first kappa shape index (κ1) is 12.7. The second-order valence-electron chi connectivity index (χ2n) is 5.21. The molecule has 0 bridgehead atoms. The summed E-state index contributed by atoms with van der Waals surface area (Å²) in [6.45, 7) is 7.56. The van der Waals surface area contributed by atoms with E-state index in [1.54, 1.807) is 0 Å². The number of hydrogen-bond acceptors (Lipinski definition) is 3. The van der Waals surface area contributed by atoms with Gasteiger partial charge in [0, 0.05) is 24.1 Å². The van der Waals surface area contributed by atoms with Crippen LogP contribution in [-0.2, 0) is 0 Å². The molecule has 1 N–H and O–H groups in total. The third-order valence-corrected chi connectivity index (χ3v) is 5.21. The third kappa shape index (κ3) is 3.94. The first-order chi connectivity index (χ1) is 7.88. The fourth-order valence-corrected chi connectivity index (χ4v) is 3.76. The van der Waals surface area contributed by atoms with Gasteiger partial charge in [0.05, 0.1) is 0 Å². The van der Waals surface area contributed by atoms with Crippen LogP contribution in [0.25, 0.3) is 0 Å². The summed E-state index contributed by atoms with van der Waals surface area (Å²) in [7, 11) is 0. The van der Waals surface area contributed by atoms with Crippen molar-refractivity contribution >= 4 is 11.8 Å². The number of likely N-dealkylation sites (tertiary alicyclic amines) is 1. The summed E-state index contributed by atoms with van der Waals surface area (Å²) in [6, 6.07) is 0.780. The highest BCUT2D eigenvalue weighted by Crippen LogP contribution is 2.20. The Balaban J connectivity index is 1.59. The van der Waals surface area contributed by atoms with Crippen LogP contribution in [-0.4, -0.2) is 48.6 Å². The Morgan fingerprint density at radius 2 is 2.12 bits per heavy atom. The van der Waals surface area contributed by atoms with Crippen molar-refractivity contribution in [2.75, 3.05) is 37.7 Å². The van der Waals surface area contributed by atoms with Gasteiger partial charge < -0.3 is 10.2 Å². The molecule has 16 heavy (non-hydrogen) atoms. The minimum atomic E-state index is 0.780. The van der Waals surface area contributed by atoms with E-state index < -0.39 is 0 Å². The molecule has 0 saturated carbocycles. The zero-order chi connectivity index (χ0) is 11.2. The standard InChI is InChI=1S/C13H26N2S/c1-2-12-3-7-15(8-4-12)9-5-13-11-16-10-6-14-13/h12-14H,2-11H2,1H3. The smallest absolute Gasteiger partial charge is 0.0170 e. The molecule has 0 aliphatic carbocycles. The van der Waals surface area contributed by atoms with Crippen molar-refractivity contribution in [2.24, 2.45) is 5.92 Å². The molecule has 0 aromatic heterocycles. The lowest BCUT2D eigenvalue weighted by Gasteiger charge is -2.33. The van der Waals surface area contributed by atoms with E-state index in [1.807, 2.05) is 0 Å². The number of rotatable bonds is 4. The molecule has 1 atom stereocenters. The molecule has 2 fully saturated rings. The summed E-state index contributed by atoms with van der Waals surface area (Å²) in [5.74, 6) is 3.64. The topological polar surface area (TPSA) is 15.3 Å². The Morgan fingerprint density at radius 3 is 2.75 bits per heavy atom. The van der Waals surface area contributed by atoms with Gasteiger partial charge in [-0.3, -0.25) is 0 Å². The van der Waals surface area contributed by atoms with Crippen LogP contribution in [0.15, 0.2) is 0 Å². The van der Waals surface area contributed by atoms with Crippen LogP contribution in [0, 0.1) is 5.92 Å². The molecule has 0 aromatic carbocycles. The van der Waals surface area contributed by atoms with Crippen molar-refractivity contribution in [3.8, 4) is 0 Å². The van der Waals surface area contributed by atoms with Crippen LogP contribution in [0.3, 0.4) is 0 Å². The third-order valence-electron chi connectivity index (χ3n) is 4.08. The van der Waals surface area contributed by atoms with Gasteiger partial charge in [-0.15, -0.1) is 0 Å². The molecule has 0 aromatic rings. The highest BCUT2D eigenvalue weighted by Gasteiger charge is 2.19. The molecule has 2 saturated heterocycles. The lowest BCUT2D eigenvalue weighted by Crippen LogP contribution is -2.41. The second-order valence-corrected chi connectivity index (χ2v) is 6.36. The molecule has 3 heteroatoms. The first-order valence-corrected chi connectivity index (χ1v) is 8.07. The van der Waals surface area contributed by atoms with Gasteiger partial charge in [0.25, 0.3) is 0 Å². The van der Waals surface area contributed by atoms with E-state index in [4.69, 9.17) is 0 Å². The van der Waals surface area contributed by atoms with Crippen molar-refractivity contribution in [3.05, 3.63) is 0 Å². The quantitative estimate of drug-likeness (QED) is 0.814. The Hall–Kier alpha value is 0.270. The minimum absolute atomic E-state index is 0.780. The molecule has 2 aliphatic heterocycles. The Kier molecular flexibility index (Phi) is 5.46. The maximum atomic E-state index is 3.63. The Labute approximate surface area is 105 Å². The van der Waals surface area contributed by atoms with E-state index in [9.17, 15) is 0 Å². The van der Waals surface area contributed by atoms with Crippen molar-refractivity contribution in [1.82, 2.24) is 10.2 Å². The summed E-state index contributed by atoms with van der Waals surface area (Å²) < 4.78 is 0. The molecular weight excluding hydrogens is 216 g/mol. The molecule has 0 spiro atoms. The lowest BCUT2D eigenvalue weighted by molar-refractivity contribution is 0.176. The van der Waals surface area contributed by atoms with Crippen molar-refractivity contribution < 1.29 is 0 Å². The molecule has 1 unspecified atom stereocenters. The van der Waals surface area contributed by atoms with Gasteiger partial charge in [-0.05, 0) is 44.8 Å². The minimum Gasteiger partial charge on any atom is -0.312 e. The number of piperidine rings is 1.